The largest absolute Gasteiger partial charge is 0.324 e. The molecule has 1 aliphatic carbocycles. The van der Waals surface area contributed by atoms with E-state index in [1.165, 1.54) is 11.9 Å². The maximum absolute atomic E-state index is 5.90. The van der Waals surface area contributed by atoms with E-state index in [4.69, 9.17) is 16.6 Å². The number of alkyl halides is 1. The van der Waals surface area contributed by atoms with E-state index in [1.54, 1.807) is 0 Å². The Labute approximate surface area is 120 Å². The lowest BCUT2D eigenvalue weighted by molar-refractivity contribution is 0.537. The minimum atomic E-state index is 0.386. The Bertz CT molecular complexity index is 603. The summed E-state index contributed by atoms with van der Waals surface area (Å²) in [6.07, 6.45) is 2.06. The predicted molar refractivity (Wildman–Crippen MR) is 79.3 cm³/mol. The molecule has 1 unspecified atom stereocenters. The first-order valence-corrected chi connectivity index (χ1v) is 7.58. The fourth-order valence-corrected chi connectivity index (χ4v) is 3.12. The van der Waals surface area contributed by atoms with Crippen LogP contribution in [-0.4, -0.2) is 15.4 Å². The summed E-state index contributed by atoms with van der Waals surface area (Å²) < 4.78 is 3.50. The number of aromatic nitrogens is 2. The fraction of sp³-hybridized carbons (Fsp3) is 0.500. The van der Waals surface area contributed by atoms with E-state index < -0.39 is 0 Å². The van der Waals surface area contributed by atoms with Gasteiger partial charge in [-0.15, -0.1) is 11.6 Å². The van der Waals surface area contributed by atoms with Crippen molar-refractivity contribution in [2.45, 2.75) is 32.7 Å². The van der Waals surface area contributed by atoms with Gasteiger partial charge in [0.05, 0.1) is 11.0 Å². The van der Waals surface area contributed by atoms with Crippen molar-refractivity contribution >= 4 is 38.6 Å². The Balaban J connectivity index is 2.18. The van der Waals surface area contributed by atoms with Gasteiger partial charge in [0.25, 0.3) is 0 Å². The molecule has 0 aliphatic heterocycles. The summed E-state index contributed by atoms with van der Waals surface area (Å²) in [5.74, 6) is 1.74. The third kappa shape index (κ3) is 1.97. The van der Waals surface area contributed by atoms with E-state index >= 15 is 0 Å². The van der Waals surface area contributed by atoms with Crippen LogP contribution in [-0.2, 0) is 6.42 Å². The van der Waals surface area contributed by atoms with Gasteiger partial charge in [-0.1, -0.05) is 29.8 Å². The average molecular weight is 328 g/mol. The van der Waals surface area contributed by atoms with Crippen molar-refractivity contribution in [2.24, 2.45) is 5.41 Å². The van der Waals surface area contributed by atoms with Gasteiger partial charge >= 0.3 is 0 Å². The third-order valence-electron chi connectivity index (χ3n) is 3.82. The number of rotatable bonds is 3. The number of halogens is 2. The molecule has 0 radical (unpaired) electrons. The number of fused-ring (bicyclic) bond motifs is 1. The molecular weight excluding hydrogens is 312 g/mol. The first-order chi connectivity index (χ1) is 8.53. The molecule has 4 heteroatoms. The second-order valence-electron chi connectivity index (χ2n) is 5.68. The van der Waals surface area contributed by atoms with E-state index in [-0.39, 0.29) is 0 Å². The average Bonchev–Trinajstić information content (AvgIpc) is 2.78. The SMILES string of the molecule is CC1(C)CC1n1c(CCCl)nc2ccc(Br)cc21. The minimum Gasteiger partial charge on any atom is -0.324 e. The van der Waals surface area contributed by atoms with Crippen LogP contribution >= 0.6 is 27.5 Å². The number of aryl methyl sites for hydroxylation is 1. The summed E-state index contributed by atoms with van der Waals surface area (Å²) in [5.41, 5.74) is 2.68. The summed E-state index contributed by atoms with van der Waals surface area (Å²) in [5, 5.41) is 0. The molecule has 0 amide bonds. The lowest BCUT2D eigenvalue weighted by Gasteiger charge is -2.10. The number of hydrogen-bond acceptors (Lipinski definition) is 1. The van der Waals surface area contributed by atoms with Gasteiger partial charge in [0.15, 0.2) is 0 Å². The van der Waals surface area contributed by atoms with Gasteiger partial charge in [0.1, 0.15) is 5.82 Å². The van der Waals surface area contributed by atoms with E-state index in [0.717, 1.165) is 22.2 Å². The van der Waals surface area contributed by atoms with Crippen molar-refractivity contribution in [1.82, 2.24) is 9.55 Å². The van der Waals surface area contributed by atoms with E-state index in [2.05, 4.69) is 46.5 Å². The highest BCUT2D eigenvalue weighted by atomic mass is 79.9. The van der Waals surface area contributed by atoms with Crippen molar-refractivity contribution in [3.05, 3.63) is 28.5 Å². The van der Waals surface area contributed by atoms with Gasteiger partial charge < -0.3 is 4.57 Å². The zero-order chi connectivity index (χ0) is 12.9. The molecule has 1 aromatic carbocycles. The summed E-state index contributed by atoms with van der Waals surface area (Å²) >= 11 is 9.45. The molecule has 2 nitrogen and oxygen atoms in total. The van der Waals surface area contributed by atoms with Crippen molar-refractivity contribution < 1.29 is 0 Å². The molecule has 18 heavy (non-hydrogen) atoms. The van der Waals surface area contributed by atoms with Gasteiger partial charge in [-0.2, -0.15) is 0 Å². The molecule has 1 atom stereocenters. The Kier molecular flexibility index (Phi) is 2.94. The number of benzene rings is 1. The van der Waals surface area contributed by atoms with Crippen LogP contribution in [0.2, 0.25) is 0 Å². The molecule has 96 valence electrons. The molecule has 1 aliphatic rings. The van der Waals surface area contributed by atoms with Gasteiger partial charge in [0, 0.05) is 22.8 Å². The highest BCUT2D eigenvalue weighted by Crippen LogP contribution is 2.56. The van der Waals surface area contributed by atoms with Gasteiger partial charge in [-0.05, 0) is 30.0 Å². The van der Waals surface area contributed by atoms with Crippen molar-refractivity contribution in [1.29, 1.82) is 0 Å². The minimum absolute atomic E-state index is 0.386. The van der Waals surface area contributed by atoms with Crippen LogP contribution in [0.1, 0.15) is 32.1 Å². The quantitative estimate of drug-likeness (QED) is 0.756. The molecule has 1 heterocycles. The van der Waals surface area contributed by atoms with E-state index in [9.17, 15) is 0 Å². The molecule has 1 aromatic heterocycles. The molecule has 1 fully saturated rings. The van der Waals surface area contributed by atoms with Gasteiger partial charge in [-0.25, -0.2) is 4.98 Å². The van der Waals surface area contributed by atoms with Crippen LogP contribution in [0, 0.1) is 5.41 Å². The first-order valence-electron chi connectivity index (χ1n) is 6.25. The number of hydrogen-bond donors (Lipinski definition) is 0. The zero-order valence-electron chi connectivity index (χ0n) is 10.6. The van der Waals surface area contributed by atoms with E-state index in [0.29, 0.717) is 17.3 Å². The van der Waals surface area contributed by atoms with Crippen molar-refractivity contribution in [3.8, 4) is 0 Å². The highest BCUT2D eigenvalue weighted by molar-refractivity contribution is 9.10. The Morgan fingerprint density at radius 1 is 1.50 bits per heavy atom. The maximum Gasteiger partial charge on any atom is 0.111 e. The molecule has 3 rings (SSSR count). The summed E-state index contributed by atoms with van der Waals surface area (Å²) in [6.45, 7) is 4.62. The summed E-state index contributed by atoms with van der Waals surface area (Å²) in [6, 6.07) is 6.84. The zero-order valence-corrected chi connectivity index (χ0v) is 12.9. The molecule has 0 saturated heterocycles. The van der Waals surface area contributed by atoms with Crippen LogP contribution in [0.15, 0.2) is 22.7 Å². The van der Waals surface area contributed by atoms with Crippen LogP contribution in [0.5, 0.6) is 0 Å². The second-order valence-corrected chi connectivity index (χ2v) is 6.97. The number of imidazole rings is 1. The molecular formula is C14H16BrClN2. The maximum atomic E-state index is 5.90. The lowest BCUT2D eigenvalue weighted by Crippen LogP contribution is -2.06. The lowest BCUT2D eigenvalue weighted by atomic mass is 10.2. The molecule has 0 bridgehead atoms. The summed E-state index contributed by atoms with van der Waals surface area (Å²) in [4.78, 5) is 4.73. The second kappa shape index (κ2) is 4.24. The molecule has 0 spiro atoms. The van der Waals surface area contributed by atoms with Crippen LogP contribution in [0.3, 0.4) is 0 Å². The van der Waals surface area contributed by atoms with Gasteiger partial charge in [0.2, 0.25) is 0 Å². The summed E-state index contributed by atoms with van der Waals surface area (Å²) in [7, 11) is 0. The standard InChI is InChI=1S/C14H16BrClN2/c1-14(2)8-12(14)18-11-7-9(15)3-4-10(11)17-13(18)5-6-16/h3-4,7,12H,5-6,8H2,1-2H3. The monoisotopic (exact) mass is 326 g/mol. The van der Waals surface area contributed by atoms with Crippen LogP contribution in [0.25, 0.3) is 11.0 Å². The smallest absolute Gasteiger partial charge is 0.111 e. The Hall–Kier alpha value is -0.540. The fourth-order valence-electron chi connectivity index (χ4n) is 2.60. The predicted octanol–water partition coefficient (Wildman–Crippen LogP) is 4.55. The highest BCUT2D eigenvalue weighted by Gasteiger charge is 2.48. The normalized spacial score (nSPS) is 21.4. The van der Waals surface area contributed by atoms with Gasteiger partial charge in [-0.3, -0.25) is 0 Å². The molecule has 1 saturated carbocycles. The Morgan fingerprint density at radius 3 is 2.83 bits per heavy atom. The Morgan fingerprint density at radius 2 is 2.22 bits per heavy atom. The van der Waals surface area contributed by atoms with Crippen molar-refractivity contribution in [2.75, 3.05) is 5.88 Å². The topological polar surface area (TPSA) is 17.8 Å². The number of nitrogens with zero attached hydrogens (tertiary/aromatic N) is 2. The molecule has 2 aromatic rings. The molecule has 0 N–H and O–H groups in total. The van der Waals surface area contributed by atoms with Crippen LogP contribution in [0.4, 0.5) is 0 Å². The van der Waals surface area contributed by atoms with E-state index in [1.807, 2.05) is 6.07 Å². The van der Waals surface area contributed by atoms with Crippen LogP contribution < -0.4 is 0 Å². The third-order valence-corrected chi connectivity index (χ3v) is 4.50. The van der Waals surface area contributed by atoms with Crippen molar-refractivity contribution in [3.63, 3.8) is 0 Å². The first kappa shape index (κ1) is 12.5.